The number of sulfonamides is 1. The van der Waals surface area contributed by atoms with E-state index in [-0.39, 0.29) is 23.9 Å². The fourth-order valence-electron chi connectivity index (χ4n) is 4.54. The number of halogens is 1. The Kier molecular flexibility index (Phi) is 7.32. The Morgan fingerprint density at radius 3 is 2.70 bits per heavy atom. The minimum Gasteiger partial charge on any atom is -0.283 e. The van der Waals surface area contributed by atoms with Gasteiger partial charge in [-0.15, -0.1) is 0 Å². The molecule has 0 radical (unpaired) electrons. The van der Waals surface area contributed by atoms with E-state index < -0.39 is 21.8 Å². The van der Waals surface area contributed by atoms with Crippen LogP contribution >= 0.6 is 11.3 Å². The summed E-state index contributed by atoms with van der Waals surface area (Å²) in [6, 6.07) is 14.6. The highest BCUT2D eigenvalue weighted by Crippen LogP contribution is 2.33. The van der Waals surface area contributed by atoms with Gasteiger partial charge in [0.2, 0.25) is 15.9 Å². The van der Waals surface area contributed by atoms with Gasteiger partial charge in [0.05, 0.1) is 27.6 Å². The van der Waals surface area contributed by atoms with E-state index in [0.29, 0.717) is 24.5 Å². The van der Waals surface area contributed by atoms with E-state index in [9.17, 15) is 17.6 Å². The van der Waals surface area contributed by atoms with Gasteiger partial charge in [0.1, 0.15) is 5.82 Å². The molecule has 10 heteroatoms. The number of nitrogens with zero attached hydrogens (tertiary/aromatic N) is 4. The maximum atomic E-state index is 14.0. The van der Waals surface area contributed by atoms with Crippen molar-refractivity contribution in [1.82, 2.24) is 14.3 Å². The zero-order valence-electron chi connectivity index (χ0n) is 20.4. The van der Waals surface area contributed by atoms with Crippen LogP contribution in [0.15, 0.2) is 71.9 Å². The van der Waals surface area contributed by atoms with Crippen LogP contribution < -0.4 is 4.90 Å². The van der Waals surface area contributed by atoms with Gasteiger partial charge < -0.3 is 0 Å². The molecule has 7 nitrogen and oxygen atoms in total. The lowest BCUT2D eigenvalue weighted by molar-refractivity contribution is -0.123. The SMILES string of the molecule is CCc1ccc2nc(N(Cc3cccnc3)C(=O)C3CCCN(S(=O)(=O)c4ccc(F)cc4)C3)sc2c1. The molecule has 37 heavy (non-hydrogen) atoms. The second kappa shape index (κ2) is 10.6. The monoisotopic (exact) mass is 538 g/mol. The number of pyridine rings is 1. The van der Waals surface area contributed by atoms with Crippen molar-refractivity contribution in [2.75, 3.05) is 18.0 Å². The van der Waals surface area contributed by atoms with Crippen LogP contribution in [0.25, 0.3) is 10.2 Å². The molecule has 1 fully saturated rings. The van der Waals surface area contributed by atoms with Gasteiger partial charge in [0, 0.05) is 25.5 Å². The molecule has 0 spiro atoms. The number of benzene rings is 2. The van der Waals surface area contributed by atoms with Crippen LogP contribution in [0, 0.1) is 11.7 Å². The van der Waals surface area contributed by atoms with E-state index in [0.717, 1.165) is 34.3 Å². The summed E-state index contributed by atoms with van der Waals surface area (Å²) in [7, 11) is -3.85. The molecule has 1 aliphatic rings. The maximum Gasteiger partial charge on any atom is 0.243 e. The van der Waals surface area contributed by atoms with Gasteiger partial charge in [-0.25, -0.2) is 17.8 Å². The third-order valence-electron chi connectivity index (χ3n) is 6.59. The number of fused-ring (bicyclic) bond motifs is 1. The minimum absolute atomic E-state index is 0.0205. The first-order chi connectivity index (χ1) is 17.8. The van der Waals surface area contributed by atoms with Crippen LogP contribution in [-0.2, 0) is 27.8 Å². The number of aryl methyl sites for hydroxylation is 1. The first kappa shape index (κ1) is 25.4. The van der Waals surface area contributed by atoms with Crippen molar-refractivity contribution < 1.29 is 17.6 Å². The van der Waals surface area contributed by atoms with Crippen molar-refractivity contribution in [1.29, 1.82) is 0 Å². The lowest BCUT2D eigenvalue weighted by atomic mass is 9.98. The van der Waals surface area contributed by atoms with Crippen LogP contribution in [0.1, 0.15) is 30.9 Å². The summed E-state index contributed by atoms with van der Waals surface area (Å²) >= 11 is 1.46. The second-order valence-electron chi connectivity index (χ2n) is 9.09. The van der Waals surface area contributed by atoms with Crippen LogP contribution in [0.5, 0.6) is 0 Å². The number of hydrogen-bond acceptors (Lipinski definition) is 6. The quantitative estimate of drug-likeness (QED) is 0.330. The number of thiazole rings is 1. The van der Waals surface area contributed by atoms with Gasteiger partial charge >= 0.3 is 0 Å². The smallest absolute Gasteiger partial charge is 0.243 e. The van der Waals surface area contributed by atoms with E-state index in [1.807, 2.05) is 24.3 Å². The summed E-state index contributed by atoms with van der Waals surface area (Å²) in [6.07, 6.45) is 5.43. The van der Waals surface area contributed by atoms with Gasteiger partial charge in [0.25, 0.3) is 0 Å². The van der Waals surface area contributed by atoms with Crippen LogP contribution in [0.2, 0.25) is 0 Å². The normalized spacial score (nSPS) is 16.6. The average molecular weight is 539 g/mol. The largest absolute Gasteiger partial charge is 0.283 e. The molecule has 4 aromatic rings. The molecule has 0 N–H and O–H groups in total. The molecule has 5 rings (SSSR count). The van der Waals surface area contributed by atoms with Gasteiger partial charge in [-0.05, 0) is 72.9 Å². The Hall–Kier alpha value is -3.21. The zero-order chi connectivity index (χ0) is 26.0. The lowest BCUT2D eigenvalue weighted by Crippen LogP contribution is -2.46. The molecule has 0 saturated carbocycles. The standard InChI is InChI=1S/C27H27FN4O3S2/c1-2-19-7-12-24-25(15-19)36-27(30-24)32(17-20-5-3-13-29-16-20)26(33)21-6-4-14-31(18-21)37(34,35)23-10-8-22(28)9-11-23/h3,5,7-13,15-16,21H,2,4,6,14,17-18H2,1H3. The predicted octanol–water partition coefficient (Wildman–Crippen LogP) is 5.03. The van der Waals surface area contributed by atoms with Crippen molar-refractivity contribution in [2.45, 2.75) is 37.6 Å². The molecule has 0 bridgehead atoms. The first-order valence-electron chi connectivity index (χ1n) is 12.2. The molecule has 1 unspecified atom stereocenters. The molecule has 2 aromatic carbocycles. The predicted molar refractivity (Wildman–Crippen MR) is 142 cm³/mol. The van der Waals surface area contributed by atoms with Crippen molar-refractivity contribution in [3.8, 4) is 0 Å². The summed E-state index contributed by atoms with van der Waals surface area (Å²) < 4.78 is 42.2. The van der Waals surface area contributed by atoms with Gasteiger partial charge in [-0.1, -0.05) is 30.4 Å². The van der Waals surface area contributed by atoms with Gasteiger partial charge in [-0.2, -0.15) is 4.31 Å². The molecule has 1 amide bonds. The van der Waals surface area contributed by atoms with Crippen LogP contribution in [-0.4, -0.2) is 41.7 Å². The highest BCUT2D eigenvalue weighted by atomic mass is 32.2. The summed E-state index contributed by atoms with van der Waals surface area (Å²) in [4.78, 5) is 24.6. The van der Waals surface area contributed by atoms with Gasteiger partial charge in [0.15, 0.2) is 5.13 Å². The molecule has 3 heterocycles. The summed E-state index contributed by atoms with van der Waals surface area (Å²) in [5.74, 6) is -1.20. The maximum absolute atomic E-state index is 14.0. The highest BCUT2D eigenvalue weighted by Gasteiger charge is 2.36. The van der Waals surface area contributed by atoms with Gasteiger partial charge in [-0.3, -0.25) is 14.7 Å². The fourth-order valence-corrected chi connectivity index (χ4v) is 7.10. The molecule has 0 aliphatic carbocycles. The number of carbonyl (C=O) groups excluding carboxylic acids is 1. The Bertz CT molecular complexity index is 1510. The summed E-state index contributed by atoms with van der Waals surface area (Å²) in [5.41, 5.74) is 2.88. The molecule has 192 valence electrons. The van der Waals surface area contributed by atoms with E-state index in [2.05, 4.69) is 18.0 Å². The minimum atomic E-state index is -3.85. The number of aromatic nitrogens is 2. The number of anilines is 1. The van der Waals surface area contributed by atoms with Crippen LogP contribution in [0.3, 0.4) is 0 Å². The van der Waals surface area contributed by atoms with Crippen LogP contribution in [0.4, 0.5) is 9.52 Å². The molecular formula is C27H27FN4O3S2. The molecule has 1 aliphatic heterocycles. The summed E-state index contributed by atoms with van der Waals surface area (Å²) in [6.45, 7) is 2.75. The number of carbonyl (C=O) groups is 1. The van der Waals surface area contributed by atoms with E-state index in [1.165, 1.54) is 33.3 Å². The molecule has 2 aromatic heterocycles. The highest BCUT2D eigenvalue weighted by molar-refractivity contribution is 7.89. The number of rotatable bonds is 7. The fraction of sp³-hybridized carbons (Fsp3) is 0.296. The molecule has 1 saturated heterocycles. The van der Waals surface area contributed by atoms with E-state index in [1.54, 1.807) is 17.3 Å². The number of piperidine rings is 1. The number of amides is 1. The van der Waals surface area contributed by atoms with Crippen molar-refractivity contribution >= 4 is 42.6 Å². The zero-order valence-corrected chi connectivity index (χ0v) is 22.0. The second-order valence-corrected chi connectivity index (χ2v) is 12.0. The Morgan fingerprint density at radius 1 is 1.16 bits per heavy atom. The molecular weight excluding hydrogens is 511 g/mol. The topological polar surface area (TPSA) is 83.5 Å². The average Bonchev–Trinajstić information content (AvgIpc) is 3.35. The summed E-state index contributed by atoms with van der Waals surface area (Å²) in [5, 5.41) is 0.579. The van der Waals surface area contributed by atoms with Crippen molar-refractivity contribution in [3.63, 3.8) is 0 Å². The van der Waals surface area contributed by atoms with Crippen molar-refractivity contribution in [3.05, 3.63) is 83.9 Å². The Morgan fingerprint density at radius 2 is 1.97 bits per heavy atom. The van der Waals surface area contributed by atoms with E-state index in [4.69, 9.17) is 4.98 Å². The Balaban J connectivity index is 1.45. The first-order valence-corrected chi connectivity index (χ1v) is 14.5. The molecule has 1 atom stereocenters. The van der Waals surface area contributed by atoms with Crippen molar-refractivity contribution in [2.24, 2.45) is 5.92 Å². The number of hydrogen-bond donors (Lipinski definition) is 0. The Labute approximate surface area is 219 Å². The lowest BCUT2D eigenvalue weighted by Gasteiger charge is -2.33. The van der Waals surface area contributed by atoms with E-state index >= 15 is 0 Å². The third-order valence-corrected chi connectivity index (χ3v) is 9.52. The third kappa shape index (κ3) is 5.41.